The molecule has 2 aromatic heterocycles. The number of quaternary nitrogens is 1. The van der Waals surface area contributed by atoms with Gasteiger partial charge in [0.25, 0.3) is 0 Å². The number of amides is 3. The van der Waals surface area contributed by atoms with Crippen molar-refractivity contribution in [2.45, 2.75) is 64.5 Å². The van der Waals surface area contributed by atoms with Crippen LogP contribution in [0.4, 0.5) is 15.3 Å². The highest BCUT2D eigenvalue weighted by molar-refractivity contribution is 6.30. The number of methoxy groups -OCH3 is 1. The predicted octanol–water partition coefficient (Wildman–Crippen LogP) is 6.96. The number of halogens is 1. The first kappa shape index (κ1) is 37.4. The van der Waals surface area contributed by atoms with E-state index in [2.05, 4.69) is 31.1 Å². The first-order valence-corrected chi connectivity index (χ1v) is 18.9. The van der Waals surface area contributed by atoms with Gasteiger partial charge in [-0.1, -0.05) is 23.7 Å². The number of imidazole rings is 1. The van der Waals surface area contributed by atoms with Crippen LogP contribution >= 0.6 is 11.6 Å². The molecule has 3 aliphatic rings. The van der Waals surface area contributed by atoms with Crippen LogP contribution in [0.1, 0.15) is 70.3 Å². The lowest BCUT2D eigenvalue weighted by molar-refractivity contribution is -0.832. The largest absolute Gasteiger partial charge is 0.525 e. The van der Waals surface area contributed by atoms with Gasteiger partial charge in [0.15, 0.2) is 11.9 Å². The van der Waals surface area contributed by atoms with E-state index in [4.69, 9.17) is 26.1 Å². The second-order valence-corrected chi connectivity index (χ2v) is 16.0. The van der Waals surface area contributed by atoms with E-state index in [1.54, 1.807) is 36.4 Å². The Balaban J connectivity index is 1.34. The Bertz CT molecular complexity index is 2000. The number of ether oxygens (including phenoxy) is 2. The third-order valence-electron chi connectivity index (χ3n) is 10.8. The molecule has 2 aromatic carbocycles. The minimum Gasteiger partial charge on any atom is -0.453 e. The standard InChI is InChI=1S/C39H46ClN9O5/c1-39(2,3)54-38(52)49(34(50)14-9-27-19-29(40)10-13-33(27)48-23-43-46-47-48)22-28(24-15-17-41-18-16-24)20-31(25-5-6-25)35(49)36-42-21-32(45-36)26-7-11-30(12-8-26)44-37(51)53-4/h7-14,19,21,23-25,28,31,35,41H,5-6,15-18,20,22H2,1-4H3,(H-,42,44,45,46,47,51)/p+1/b14-9+. The van der Waals surface area contributed by atoms with Crippen LogP contribution in [0.5, 0.6) is 0 Å². The Morgan fingerprint density at radius 3 is 2.44 bits per heavy atom. The number of piperidine rings is 2. The number of benzene rings is 2. The highest BCUT2D eigenvalue weighted by Gasteiger charge is 2.64. The topological polar surface area (TPSA) is 166 Å². The summed E-state index contributed by atoms with van der Waals surface area (Å²) in [4.78, 5) is 50.7. The lowest BCUT2D eigenvalue weighted by Gasteiger charge is -2.49. The summed E-state index contributed by atoms with van der Waals surface area (Å²) >= 11 is 6.45. The van der Waals surface area contributed by atoms with Gasteiger partial charge < -0.3 is 19.8 Å². The van der Waals surface area contributed by atoms with Crippen molar-refractivity contribution >= 4 is 41.5 Å². The molecule has 4 atom stereocenters. The molecule has 3 amide bonds. The fourth-order valence-corrected chi connectivity index (χ4v) is 8.40. The average Bonchev–Trinajstić information content (AvgIpc) is 3.63. The Morgan fingerprint density at radius 1 is 1.02 bits per heavy atom. The lowest BCUT2D eigenvalue weighted by atomic mass is 9.71. The molecule has 284 valence electrons. The number of nitrogens with one attached hydrogen (secondary N) is 3. The molecule has 3 fully saturated rings. The molecule has 14 nitrogen and oxygen atoms in total. The highest BCUT2D eigenvalue weighted by Crippen LogP contribution is 2.55. The summed E-state index contributed by atoms with van der Waals surface area (Å²) in [7, 11) is 1.31. The molecule has 1 saturated carbocycles. The van der Waals surface area contributed by atoms with Crippen LogP contribution in [-0.2, 0) is 14.3 Å². The van der Waals surface area contributed by atoms with Gasteiger partial charge in [0.1, 0.15) is 18.5 Å². The van der Waals surface area contributed by atoms with Crippen LogP contribution in [0.25, 0.3) is 23.0 Å². The van der Waals surface area contributed by atoms with Crippen LogP contribution in [0.15, 0.2) is 61.1 Å². The zero-order chi connectivity index (χ0) is 38.0. The smallest absolute Gasteiger partial charge is 0.453 e. The number of nitrogens with zero attached hydrogens (tertiary/aromatic N) is 6. The van der Waals surface area contributed by atoms with Crippen LogP contribution in [0.3, 0.4) is 0 Å². The Kier molecular flexibility index (Phi) is 10.7. The van der Waals surface area contributed by atoms with E-state index in [0.717, 1.165) is 50.8 Å². The molecule has 4 heterocycles. The minimum atomic E-state index is -0.859. The maximum atomic E-state index is 15.3. The first-order valence-electron chi connectivity index (χ1n) is 18.5. The molecular formula is C39H47ClN9O5+. The Labute approximate surface area is 319 Å². The second-order valence-electron chi connectivity index (χ2n) is 15.6. The highest BCUT2D eigenvalue weighted by atomic mass is 35.5. The molecule has 4 unspecified atom stereocenters. The zero-order valence-electron chi connectivity index (χ0n) is 31.0. The fraction of sp³-hybridized carbons (Fsp3) is 0.462. The molecule has 0 bridgehead atoms. The molecule has 4 aromatic rings. The average molecular weight is 757 g/mol. The number of imide groups is 1. The third kappa shape index (κ3) is 7.96. The van der Waals surface area contributed by atoms with Crippen LogP contribution < -0.4 is 10.6 Å². The van der Waals surface area contributed by atoms with Gasteiger partial charge in [0.05, 0.1) is 18.5 Å². The molecular weight excluding hydrogens is 710 g/mol. The number of hydrogen-bond acceptors (Lipinski definition) is 10. The van der Waals surface area contributed by atoms with Crippen molar-refractivity contribution in [3.8, 4) is 16.9 Å². The summed E-state index contributed by atoms with van der Waals surface area (Å²) in [6, 6.07) is 11.9. The minimum absolute atomic E-state index is 0.00269. The fourth-order valence-electron chi connectivity index (χ4n) is 8.22. The van der Waals surface area contributed by atoms with E-state index < -0.39 is 34.2 Å². The van der Waals surface area contributed by atoms with E-state index >= 15 is 9.59 Å². The maximum Gasteiger partial charge on any atom is 0.525 e. The Hall–Kier alpha value is -4.92. The molecule has 54 heavy (non-hydrogen) atoms. The second kappa shape index (κ2) is 15.4. The van der Waals surface area contributed by atoms with Gasteiger partial charge in [-0.2, -0.15) is 9.48 Å². The number of carbonyl (C=O) groups is 3. The summed E-state index contributed by atoms with van der Waals surface area (Å²) in [5, 5.41) is 18.2. The van der Waals surface area contributed by atoms with Crippen molar-refractivity contribution in [3.05, 3.63) is 77.5 Å². The third-order valence-corrected chi connectivity index (χ3v) is 11.1. The first-order chi connectivity index (χ1) is 25.9. The SMILES string of the molecule is COC(=O)Nc1ccc(-c2c[nH]c(C3C(C4CC4)CC(C4CCNCC4)C[N+]3(C(=O)/C=C/c3cc(Cl)ccc3-n3cnnn3)C(=O)OC(C)(C)C)n2)cc1. The van der Waals surface area contributed by atoms with E-state index in [-0.39, 0.29) is 18.4 Å². The van der Waals surface area contributed by atoms with Gasteiger partial charge >= 0.3 is 18.1 Å². The number of aromatic nitrogens is 6. The number of tetrazole rings is 1. The molecule has 2 aliphatic heterocycles. The lowest BCUT2D eigenvalue weighted by Crippen LogP contribution is -2.66. The van der Waals surface area contributed by atoms with Gasteiger partial charge in [0.2, 0.25) is 0 Å². The van der Waals surface area contributed by atoms with Crippen molar-refractivity contribution in [2.24, 2.45) is 23.7 Å². The van der Waals surface area contributed by atoms with Crippen LogP contribution in [0.2, 0.25) is 5.02 Å². The van der Waals surface area contributed by atoms with E-state index in [9.17, 15) is 4.79 Å². The summed E-state index contributed by atoms with van der Waals surface area (Å²) in [6.07, 6.45) is 10.2. The van der Waals surface area contributed by atoms with Crippen molar-refractivity contribution < 1.29 is 28.3 Å². The number of likely N-dealkylation sites (tertiary alicyclic amines) is 1. The zero-order valence-corrected chi connectivity index (χ0v) is 31.8. The summed E-state index contributed by atoms with van der Waals surface area (Å²) < 4.78 is 11.9. The van der Waals surface area contributed by atoms with Crippen molar-refractivity contribution in [1.82, 2.24) is 35.5 Å². The van der Waals surface area contributed by atoms with Gasteiger partial charge in [-0.25, -0.2) is 14.6 Å². The number of rotatable bonds is 8. The van der Waals surface area contributed by atoms with Crippen LogP contribution in [-0.4, -0.2) is 85.1 Å². The maximum absolute atomic E-state index is 15.3. The summed E-state index contributed by atoms with van der Waals surface area (Å²) in [5.74, 6) is 0.981. The summed E-state index contributed by atoms with van der Waals surface area (Å²) in [5.41, 5.74) is 2.41. The summed E-state index contributed by atoms with van der Waals surface area (Å²) in [6.45, 7) is 7.59. The van der Waals surface area contributed by atoms with E-state index in [1.807, 2.05) is 39.1 Å². The van der Waals surface area contributed by atoms with E-state index in [1.165, 1.54) is 24.2 Å². The predicted molar refractivity (Wildman–Crippen MR) is 202 cm³/mol. The van der Waals surface area contributed by atoms with Crippen LogP contribution in [0, 0.1) is 23.7 Å². The number of H-pyrrole nitrogens is 1. The molecule has 3 N–H and O–H groups in total. The number of aromatic amines is 1. The molecule has 2 saturated heterocycles. The molecule has 1 aliphatic carbocycles. The monoisotopic (exact) mass is 756 g/mol. The van der Waals surface area contributed by atoms with Gasteiger partial charge in [-0.15, -0.1) is 9.58 Å². The number of anilines is 1. The van der Waals surface area contributed by atoms with Crippen molar-refractivity contribution in [2.75, 3.05) is 32.1 Å². The molecule has 7 rings (SSSR count). The quantitative estimate of drug-likeness (QED) is 0.126. The van der Waals surface area contributed by atoms with Gasteiger partial charge in [0, 0.05) is 45.9 Å². The molecule has 0 radical (unpaired) electrons. The Morgan fingerprint density at radius 2 is 1.78 bits per heavy atom. The van der Waals surface area contributed by atoms with Gasteiger partial charge in [-0.3, -0.25) is 5.32 Å². The van der Waals surface area contributed by atoms with E-state index in [0.29, 0.717) is 45.3 Å². The van der Waals surface area contributed by atoms with Crippen molar-refractivity contribution in [3.63, 3.8) is 0 Å². The number of carbonyl (C=O) groups excluding carboxylic acids is 3. The normalized spacial score (nSPS) is 23.6. The molecule has 0 spiro atoms. The molecule has 15 heteroatoms. The number of hydrogen-bond donors (Lipinski definition) is 3. The van der Waals surface area contributed by atoms with Gasteiger partial charge in [-0.05, 0) is 125 Å². The van der Waals surface area contributed by atoms with Crippen molar-refractivity contribution in [1.29, 1.82) is 0 Å².